The van der Waals surface area contributed by atoms with Crippen molar-refractivity contribution in [2.24, 2.45) is 0 Å². The number of amides is 1. The Morgan fingerprint density at radius 2 is 1.65 bits per heavy atom. The average molecular weight is 666 g/mol. The van der Waals surface area contributed by atoms with Crippen LogP contribution in [0.15, 0.2) is 110 Å². The predicted molar refractivity (Wildman–Crippen MR) is 190 cm³/mol. The Labute approximate surface area is 290 Å². The lowest BCUT2D eigenvalue weighted by Gasteiger charge is -2.38. The average Bonchev–Trinajstić information content (AvgIpc) is 3.15. The quantitative estimate of drug-likeness (QED) is 0.0830. The van der Waals surface area contributed by atoms with Crippen molar-refractivity contribution in [3.8, 4) is 17.2 Å². The summed E-state index contributed by atoms with van der Waals surface area (Å²) in [4.78, 5) is 14.9. The second-order valence-electron chi connectivity index (χ2n) is 12.1. The van der Waals surface area contributed by atoms with E-state index in [2.05, 4.69) is 24.8 Å². The smallest absolute Gasteiger partial charge is 0.410 e. The van der Waals surface area contributed by atoms with Crippen LogP contribution in [0.1, 0.15) is 46.6 Å². The summed E-state index contributed by atoms with van der Waals surface area (Å²) in [6.07, 6.45) is 2.68. The fraction of sp³-hybridized carbons (Fsp3) is 0.341. The van der Waals surface area contributed by atoms with Crippen LogP contribution in [0.3, 0.4) is 0 Å². The van der Waals surface area contributed by atoms with Gasteiger partial charge in [-0.1, -0.05) is 85.5 Å². The third-order valence-electron chi connectivity index (χ3n) is 8.56. The van der Waals surface area contributed by atoms with Crippen molar-refractivity contribution in [3.63, 3.8) is 0 Å². The zero-order chi connectivity index (χ0) is 34.3. The summed E-state index contributed by atoms with van der Waals surface area (Å²) in [5.41, 5.74) is 5.18. The first-order valence-corrected chi connectivity index (χ1v) is 16.9. The highest BCUT2D eigenvalue weighted by Crippen LogP contribution is 2.33. The summed E-state index contributed by atoms with van der Waals surface area (Å²) < 4.78 is 35.3. The van der Waals surface area contributed by atoms with Crippen LogP contribution in [-0.4, -0.2) is 57.1 Å². The standard InChI is InChI=1S/C41H47NO7/c1-4-23-47-39-26-33(16-15-31(39)2)29-48-40-27-42(41(43)49-28-32-11-6-5-7-12-32)22-21-37(40)34-17-19-36(20-18-34)46-25-10-24-45-30-35-13-8-9-14-38(35)44-3/h4-9,11-20,26,37,40H,1,10,21-25,27-30H2,2-3H3. The van der Waals surface area contributed by atoms with Crippen molar-refractivity contribution in [3.05, 3.63) is 138 Å². The fourth-order valence-electron chi connectivity index (χ4n) is 5.85. The molecule has 4 aromatic carbocycles. The SMILES string of the molecule is C=CCOc1cc(COC2CN(C(=O)OCc3ccccc3)CCC2c2ccc(OCCCOCc3ccccc3OC)cc2)ccc1C. The Bertz CT molecular complexity index is 1610. The van der Waals surface area contributed by atoms with Gasteiger partial charge in [-0.3, -0.25) is 0 Å². The van der Waals surface area contributed by atoms with Gasteiger partial charge in [0.2, 0.25) is 0 Å². The van der Waals surface area contributed by atoms with Crippen LogP contribution in [0.2, 0.25) is 0 Å². The maximum absolute atomic E-state index is 13.1. The molecule has 2 atom stereocenters. The zero-order valence-corrected chi connectivity index (χ0v) is 28.6. The second kappa shape index (κ2) is 18.7. The van der Waals surface area contributed by atoms with Gasteiger partial charge in [-0.15, -0.1) is 0 Å². The molecule has 0 aliphatic carbocycles. The van der Waals surface area contributed by atoms with Crippen LogP contribution in [0, 0.1) is 6.92 Å². The van der Waals surface area contributed by atoms with Crippen molar-refractivity contribution >= 4 is 6.09 Å². The minimum atomic E-state index is -0.331. The van der Waals surface area contributed by atoms with Gasteiger partial charge in [-0.2, -0.15) is 0 Å². The molecule has 49 heavy (non-hydrogen) atoms. The molecule has 258 valence electrons. The summed E-state index contributed by atoms with van der Waals surface area (Å²) in [5, 5.41) is 0. The van der Waals surface area contributed by atoms with Crippen molar-refractivity contribution in [2.45, 2.75) is 51.6 Å². The van der Waals surface area contributed by atoms with Crippen LogP contribution < -0.4 is 14.2 Å². The molecule has 0 saturated carbocycles. The largest absolute Gasteiger partial charge is 0.496 e. The fourth-order valence-corrected chi connectivity index (χ4v) is 5.85. The molecular weight excluding hydrogens is 618 g/mol. The summed E-state index contributed by atoms with van der Waals surface area (Å²) in [5.74, 6) is 2.54. The van der Waals surface area contributed by atoms with E-state index in [-0.39, 0.29) is 24.7 Å². The topological polar surface area (TPSA) is 75.7 Å². The first kappa shape index (κ1) is 35.5. The molecule has 1 heterocycles. The highest BCUT2D eigenvalue weighted by molar-refractivity contribution is 5.68. The highest BCUT2D eigenvalue weighted by atomic mass is 16.6. The summed E-state index contributed by atoms with van der Waals surface area (Å²) >= 11 is 0. The molecule has 2 unspecified atom stereocenters. The number of ether oxygens (including phenoxy) is 6. The van der Waals surface area contributed by atoms with E-state index in [9.17, 15) is 4.79 Å². The summed E-state index contributed by atoms with van der Waals surface area (Å²) in [6, 6.07) is 31.9. The number of carbonyl (C=O) groups is 1. The Hall–Kier alpha value is -4.79. The lowest BCUT2D eigenvalue weighted by atomic mass is 9.87. The lowest BCUT2D eigenvalue weighted by Crippen LogP contribution is -2.47. The molecule has 0 aromatic heterocycles. The number of para-hydroxylation sites is 1. The van der Waals surface area contributed by atoms with Crippen molar-refractivity contribution in [1.29, 1.82) is 0 Å². The minimum absolute atomic E-state index is 0.0949. The number of aryl methyl sites for hydroxylation is 1. The van der Waals surface area contributed by atoms with Gasteiger partial charge in [0.25, 0.3) is 0 Å². The van der Waals surface area contributed by atoms with Gasteiger partial charge in [0.1, 0.15) is 30.5 Å². The van der Waals surface area contributed by atoms with E-state index in [0.717, 1.165) is 57.9 Å². The zero-order valence-electron chi connectivity index (χ0n) is 28.6. The number of piperidine rings is 1. The molecule has 8 heteroatoms. The summed E-state index contributed by atoms with van der Waals surface area (Å²) in [7, 11) is 1.67. The molecule has 8 nitrogen and oxygen atoms in total. The second-order valence-corrected chi connectivity index (χ2v) is 12.1. The Morgan fingerprint density at radius 3 is 2.45 bits per heavy atom. The molecule has 5 rings (SSSR count). The molecular formula is C41H47NO7. The third kappa shape index (κ3) is 10.6. The minimum Gasteiger partial charge on any atom is -0.496 e. The number of benzene rings is 4. The molecule has 1 aliphatic heterocycles. The van der Waals surface area contributed by atoms with Crippen LogP contribution in [0.5, 0.6) is 17.2 Å². The van der Waals surface area contributed by atoms with Crippen LogP contribution in [0.25, 0.3) is 0 Å². The van der Waals surface area contributed by atoms with Crippen molar-refractivity contribution < 1.29 is 33.2 Å². The molecule has 4 aromatic rings. The Balaban J connectivity index is 1.17. The van der Waals surface area contributed by atoms with Gasteiger partial charge in [0.15, 0.2) is 0 Å². The van der Waals surface area contributed by atoms with E-state index in [0.29, 0.717) is 46.1 Å². The maximum atomic E-state index is 13.1. The van der Waals surface area contributed by atoms with Gasteiger partial charge in [-0.25, -0.2) is 4.79 Å². The molecule has 0 N–H and O–H groups in total. The van der Waals surface area contributed by atoms with E-state index < -0.39 is 0 Å². The molecule has 1 fully saturated rings. The third-order valence-corrected chi connectivity index (χ3v) is 8.56. The number of rotatable bonds is 17. The van der Waals surface area contributed by atoms with Gasteiger partial charge in [0.05, 0.1) is 46.2 Å². The molecule has 0 radical (unpaired) electrons. The number of hydrogen-bond acceptors (Lipinski definition) is 7. The molecule has 1 saturated heterocycles. The molecule has 1 aliphatic rings. The van der Waals surface area contributed by atoms with E-state index in [1.165, 1.54) is 0 Å². The number of carbonyl (C=O) groups excluding carboxylic acids is 1. The predicted octanol–water partition coefficient (Wildman–Crippen LogP) is 8.27. The van der Waals surface area contributed by atoms with Crippen LogP contribution in [0.4, 0.5) is 4.79 Å². The van der Waals surface area contributed by atoms with Crippen molar-refractivity contribution in [1.82, 2.24) is 4.90 Å². The monoisotopic (exact) mass is 665 g/mol. The van der Waals surface area contributed by atoms with E-state index in [1.54, 1.807) is 18.1 Å². The molecule has 1 amide bonds. The first-order valence-electron chi connectivity index (χ1n) is 16.9. The van der Waals surface area contributed by atoms with Gasteiger partial charge >= 0.3 is 6.09 Å². The Morgan fingerprint density at radius 1 is 0.857 bits per heavy atom. The van der Waals surface area contributed by atoms with Gasteiger partial charge < -0.3 is 33.3 Å². The van der Waals surface area contributed by atoms with Gasteiger partial charge in [-0.05, 0) is 59.9 Å². The number of hydrogen-bond donors (Lipinski definition) is 0. The number of nitrogens with zero attached hydrogens (tertiary/aromatic N) is 1. The van der Waals surface area contributed by atoms with Crippen LogP contribution >= 0.6 is 0 Å². The highest BCUT2D eigenvalue weighted by Gasteiger charge is 2.34. The van der Waals surface area contributed by atoms with E-state index in [1.807, 2.05) is 85.8 Å². The van der Waals surface area contributed by atoms with Crippen molar-refractivity contribution in [2.75, 3.05) is 40.0 Å². The first-order chi connectivity index (χ1) is 24.0. The molecule has 0 bridgehead atoms. The summed E-state index contributed by atoms with van der Waals surface area (Å²) in [6.45, 7) is 9.47. The lowest BCUT2D eigenvalue weighted by molar-refractivity contribution is -0.0246. The van der Waals surface area contributed by atoms with Crippen LogP contribution in [-0.2, 0) is 34.0 Å². The number of methoxy groups -OCH3 is 1. The maximum Gasteiger partial charge on any atom is 0.410 e. The number of likely N-dealkylation sites (tertiary alicyclic amines) is 1. The van der Waals surface area contributed by atoms with Gasteiger partial charge in [0, 0.05) is 24.4 Å². The van der Waals surface area contributed by atoms with E-state index >= 15 is 0 Å². The Kier molecular flexibility index (Phi) is 13.5. The normalized spacial score (nSPS) is 15.8. The van der Waals surface area contributed by atoms with E-state index in [4.69, 9.17) is 28.4 Å². The molecule has 0 spiro atoms.